The van der Waals surface area contributed by atoms with Crippen LogP contribution in [-0.2, 0) is 6.54 Å². The van der Waals surface area contributed by atoms with Gasteiger partial charge in [-0.3, -0.25) is 0 Å². The summed E-state index contributed by atoms with van der Waals surface area (Å²) in [6, 6.07) is 7.75. The second-order valence-corrected chi connectivity index (χ2v) is 4.70. The van der Waals surface area contributed by atoms with Gasteiger partial charge in [-0.15, -0.1) is 0 Å². The molecule has 5 heteroatoms. The zero-order valence-corrected chi connectivity index (χ0v) is 11.6. The van der Waals surface area contributed by atoms with Crippen LogP contribution >= 0.6 is 11.3 Å². The van der Waals surface area contributed by atoms with Gasteiger partial charge in [0.1, 0.15) is 6.61 Å². The lowest BCUT2D eigenvalue weighted by molar-refractivity contribution is 0.196. The van der Waals surface area contributed by atoms with E-state index in [0.717, 1.165) is 12.2 Å². The Morgan fingerprint density at radius 2 is 2.16 bits per heavy atom. The van der Waals surface area contributed by atoms with E-state index < -0.39 is 0 Å². The number of aliphatic hydroxyl groups is 1. The predicted molar refractivity (Wildman–Crippen MR) is 77.2 cm³/mol. The molecule has 2 aromatic rings. The Hall–Kier alpha value is -1.72. The highest BCUT2D eigenvalue weighted by Gasteiger charge is 2.05. The monoisotopic (exact) mass is 279 g/mol. The van der Waals surface area contributed by atoms with Gasteiger partial charge in [-0.05, 0) is 34.5 Å². The normalized spacial score (nSPS) is 10.2. The number of ether oxygens (including phenoxy) is 2. The van der Waals surface area contributed by atoms with E-state index in [1.54, 1.807) is 18.4 Å². The van der Waals surface area contributed by atoms with Crippen molar-refractivity contribution in [3.63, 3.8) is 0 Å². The highest BCUT2D eigenvalue weighted by Crippen LogP contribution is 2.30. The van der Waals surface area contributed by atoms with Crippen molar-refractivity contribution >= 4 is 17.0 Å². The van der Waals surface area contributed by atoms with Crippen molar-refractivity contribution in [1.82, 2.24) is 0 Å². The quantitative estimate of drug-likeness (QED) is 0.818. The van der Waals surface area contributed by atoms with Crippen LogP contribution in [0.1, 0.15) is 5.56 Å². The second-order valence-electron chi connectivity index (χ2n) is 3.92. The maximum Gasteiger partial charge on any atom is 0.163 e. The van der Waals surface area contributed by atoms with Crippen LogP contribution in [0.25, 0.3) is 0 Å². The molecule has 1 heterocycles. The van der Waals surface area contributed by atoms with E-state index in [-0.39, 0.29) is 13.2 Å². The summed E-state index contributed by atoms with van der Waals surface area (Å²) >= 11 is 1.68. The lowest BCUT2D eigenvalue weighted by Gasteiger charge is -2.12. The summed E-state index contributed by atoms with van der Waals surface area (Å²) < 4.78 is 10.7. The van der Waals surface area contributed by atoms with E-state index in [1.807, 2.05) is 18.2 Å². The van der Waals surface area contributed by atoms with E-state index in [1.165, 1.54) is 5.56 Å². The standard InChI is InChI=1S/C14H17NO3S/c1-17-13-3-2-12(8-14(13)18-6-5-16)15-9-11-4-7-19-10-11/h2-4,7-8,10,15-16H,5-6,9H2,1H3. The minimum Gasteiger partial charge on any atom is -0.493 e. The molecule has 4 nitrogen and oxygen atoms in total. The summed E-state index contributed by atoms with van der Waals surface area (Å²) in [5.74, 6) is 1.29. The molecule has 102 valence electrons. The fraction of sp³-hybridized carbons (Fsp3) is 0.286. The molecule has 2 N–H and O–H groups in total. The lowest BCUT2D eigenvalue weighted by atomic mass is 10.2. The Morgan fingerprint density at radius 1 is 1.26 bits per heavy atom. The van der Waals surface area contributed by atoms with Crippen LogP contribution in [0.2, 0.25) is 0 Å². The van der Waals surface area contributed by atoms with Gasteiger partial charge in [-0.1, -0.05) is 0 Å². The molecule has 0 bridgehead atoms. The molecular formula is C14H17NO3S. The summed E-state index contributed by atoms with van der Waals surface area (Å²) in [7, 11) is 1.60. The molecule has 0 aliphatic rings. The molecule has 0 aliphatic heterocycles. The van der Waals surface area contributed by atoms with E-state index in [2.05, 4.69) is 22.1 Å². The molecule has 0 unspecified atom stereocenters. The topological polar surface area (TPSA) is 50.7 Å². The molecule has 0 radical (unpaired) electrons. The predicted octanol–water partition coefficient (Wildman–Crippen LogP) is 2.74. The van der Waals surface area contributed by atoms with Crippen molar-refractivity contribution in [3.8, 4) is 11.5 Å². The van der Waals surface area contributed by atoms with Crippen LogP contribution in [-0.4, -0.2) is 25.4 Å². The number of hydrogen-bond acceptors (Lipinski definition) is 5. The first-order valence-electron chi connectivity index (χ1n) is 6.00. The molecule has 1 aromatic heterocycles. The van der Waals surface area contributed by atoms with Crippen LogP contribution in [0.5, 0.6) is 11.5 Å². The molecule has 0 atom stereocenters. The summed E-state index contributed by atoms with van der Waals surface area (Å²) in [6.07, 6.45) is 0. The minimum atomic E-state index is -0.0181. The molecule has 1 aromatic carbocycles. The van der Waals surface area contributed by atoms with E-state index in [0.29, 0.717) is 11.5 Å². The molecule has 0 spiro atoms. The highest BCUT2D eigenvalue weighted by molar-refractivity contribution is 7.07. The number of nitrogens with one attached hydrogen (secondary N) is 1. The third kappa shape index (κ3) is 3.87. The molecule has 0 saturated carbocycles. The van der Waals surface area contributed by atoms with Gasteiger partial charge in [0, 0.05) is 18.3 Å². The largest absolute Gasteiger partial charge is 0.493 e. The molecule has 0 saturated heterocycles. The molecule has 0 aliphatic carbocycles. The Kier molecular flexibility index (Phi) is 5.06. The third-order valence-corrected chi connectivity index (χ3v) is 3.32. The van der Waals surface area contributed by atoms with Gasteiger partial charge >= 0.3 is 0 Å². The van der Waals surface area contributed by atoms with Crippen molar-refractivity contribution in [2.45, 2.75) is 6.54 Å². The number of aliphatic hydroxyl groups excluding tert-OH is 1. The van der Waals surface area contributed by atoms with Gasteiger partial charge in [0.15, 0.2) is 11.5 Å². The van der Waals surface area contributed by atoms with Crippen molar-refractivity contribution in [3.05, 3.63) is 40.6 Å². The smallest absolute Gasteiger partial charge is 0.163 e. The Balaban J connectivity index is 2.04. The van der Waals surface area contributed by atoms with Gasteiger partial charge < -0.3 is 19.9 Å². The first-order valence-corrected chi connectivity index (χ1v) is 6.94. The first kappa shape index (κ1) is 13.7. The molecule has 19 heavy (non-hydrogen) atoms. The zero-order chi connectivity index (χ0) is 13.5. The SMILES string of the molecule is COc1ccc(NCc2ccsc2)cc1OCCO. The maximum absolute atomic E-state index is 8.81. The third-order valence-electron chi connectivity index (χ3n) is 2.59. The van der Waals surface area contributed by atoms with Gasteiger partial charge in [-0.2, -0.15) is 11.3 Å². The first-order chi connectivity index (χ1) is 9.33. The van der Waals surface area contributed by atoms with Crippen molar-refractivity contribution in [1.29, 1.82) is 0 Å². The minimum absolute atomic E-state index is 0.0181. The van der Waals surface area contributed by atoms with Crippen LogP contribution < -0.4 is 14.8 Å². The molecule has 0 amide bonds. The molecular weight excluding hydrogens is 262 g/mol. The number of hydrogen-bond donors (Lipinski definition) is 2. The highest BCUT2D eigenvalue weighted by atomic mass is 32.1. The number of thiophene rings is 1. The Bertz CT molecular complexity index is 499. The second kappa shape index (κ2) is 7.01. The lowest BCUT2D eigenvalue weighted by Crippen LogP contribution is -2.04. The molecule has 0 fully saturated rings. The summed E-state index contributed by atoms with van der Waals surface area (Å²) in [5, 5.41) is 16.3. The fourth-order valence-electron chi connectivity index (χ4n) is 1.65. The van der Waals surface area contributed by atoms with Gasteiger partial charge in [-0.25, -0.2) is 0 Å². The van der Waals surface area contributed by atoms with E-state index in [9.17, 15) is 0 Å². The number of methoxy groups -OCH3 is 1. The summed E-state index contributed by atoms with van der Waals surface area (Å²) in [6.45, 7) is 1.01. The van der Waals surface area contributed by atoms with Crippen molar-refractivity contribution in [2.24, 2.45) is 0 Å². The Morgan fingerprint density at radius 3 is 2.84 bits per heavy atom. The number of anilines is 1. The fourth-order valence-corrected chi connectivity index (χ4v) is 2.32. The van der Waals surface area contributed by atoms with E-state index >= 15 is 0 Å². The van der Waals surface area contributed by atoms with Crippen molar-refractivity contribution in [2.75, 3.05) is 25.6 Å². The van der Waals surface area contributed by atoms with Crippen LogP contribution in [0.4, 0.5) is 5.69 Å². The average Bonchev–Trinajstić information content (AvgIpc) is 2.96. The zero-order valence-electron chi connectivity index (χ0n) is 10.8. The molecule has 2 rings (SSSR count). The maximum atomic E-state index is 8.81. The summed E-state index contributed by atoms with van der Waals surface area (Å²) in [4.78, 5) is 0. The van der Waals surface area contributed by atoms with Crippen LogP contribution in [0.15, 0.2) is 35.0 Å². The average molecular weight is 279 g/mol. The van der Waals surface area contributed by atoms with Gasteiger partial charge in [0.25, 0.3) is 0 Å². The number of benzene rings is 1. The van der Waals surface area contributed by atoms with Crippen LogP contribution in [0, 0.1) is 0 Å². The summed E-state index contributed by atoms with van der Waals surface area (Å²) in [5.41, 5.74) is 2.21. The van der Waals surface area contributed by atoms with Crippen LogP contribution in [0.3, 0.4) is 0 Å². The van der Waals surface area contributed by atoms with Gasteiger partial charge in [0.05, 0.1) is 13.7 Å². The van der Waals surface area contributed by atoms with Crippen molar-refractivity contribution < 1.29 is 14.6 Å². The number of rotatable bonds is 7. The Labute approximate surface area is 116 Å². The van der Waals surface area contributed by atoms with Gasteiger partial charge in [0.2, 0.25) is 0 Å². The van der Waals surface area contributed by atoms with E-state index in [4.69, 9.17) is 14.6 Å².